The van der Waals surface area contributed by atoms with E-state index in [1.165, 1.54) is 24.1 Å². The molecule has 1 aliphatic carbocycles. The Morgan fingerprint density at radius 2 is 2.20 bits per heavy atom. The molecule has 3 N–H and O–H groups in total. The Labute approximate surface area is 171 Å². The van der Waals surface area contributed by atoms with Gasteiger partial charge < -0.3 is 25.4 Å². The molecule has 9 nitrogen and oxygen atoms in total. The predicted molar refractivity (Wildman–Crippen MR) is 109 cm³/mol. The molecule has 10 heteroatoms. The van der Waals surface area contributed by atoms with E-state index in [9.17, 15) is 9.18 Å². The number of fused-ring (bicyclic) bond motifs is 4. The van der Waals surface area contributed by atoms with Crippen LogP contribution in [0.1, 0.15) is 18.4 Å². The topological polar surface area (TPSA) is 102 Å². The molecule has 156 valence electrons. The molecule has 5 rings (SSSR count). The summed E-state index contributed by atoms with van der Waals surface area (Å²) in [6.45, 7) is 0.0894. The Hall–Kier alpha value is -3.40. The van der Waals surface area contributed by atoms with E-state index in [1.807, 2.05) is 0 Å². The van der Waals surface area contributed by atoms with Crippen molar-refractivity contribution < 1.29 is 18.7 Å². The minimum absolute atomic E-state index is 0.0894. The van der Waals surface area contributed by atoms with Crippen molar-refractivity contribution in [1.29, 1.82) is 0 Å². The van der Waals surface area contributed by atoms with Gasteiger partial charge in [-0.3, -0.25) is 0 Å². The maximum atomic E-state index is 14.6. The van der Waals surface area contributed by atoms with Crippen molar-refractivity contribution >= 4 is 34.4 Å². The molecule has 2 aliphatic rings. The number of rotatable bonds is 2. The number of aromatic nitrogens is 3. The number of amides is 1. The molecule has 30 heavy (non-hydrogen) atoms. The van der Waals surface area contributed by atoms with E-state index in [-0.39, 0.29) is 24.8 Å². The number of halogens is 1. The highest BCUT2D eigenvalue weighted by Gasteiger charge is 2.34. The second-order valence-electron chi connectivity index (χ2n) is 7.34. The summed E-state index contributed by atoms with van der Waals surface area (Å²) in [5.41, 5.74) is 2.61. The number of nitrogens with zero attached hydrogens (tertiary/aromatic N) is 3. The van der Waals surface area contributed by atoms with Crippen LogP contribution in [-0.4, -0.2) is 46.9 Å². The molecule has 0 radical (unpaired) electrons. The summed E-state index contributed by atoms with van der Waals surface area (Å²) < 4.78 is 27.2. The van der Waals surface area contributed by atoms with Gasteiger partial charge in [0.2, 0.25) is 0 Å². The fourth-order valence-electron chi connectivity index (χ4n) is 3.77. The third-order valence-electron chi connectivity index (χ3n) is 5.60. The van der Waals surface area contributed by atoms with Crippen molar-refractivity contribution in [2.24, 2.45) is 0 Å². The van der Waals surface area contributed by atoms with Crippen LogP contribution in [0.3, 0.4) is 0 Å². The van der Waals surface area contributed by atoms with E-state index in [0.717, 1.165) is 12.8 Å². The van der Waals surface area contributed by atoms with Crippen molar-refractivity contribution in [2.45, 2.75) is 31.6 Å². The average molecular weight is 412 g/mol. The second kappa shape index (κ2) is 7.13. The Morgan fingerprint density at radius 3 is 2.93 bits per heavy atom. The first kappa shape index (κ1) is 18.6. The number of nitrogens with one attached hydrogen (secondary N) is 3. The van der Waals surface area contributed by atoms with Crippen LogP contribution in [0.2, 0.25) is 0 Å². The summed E-state index contributed by atoms with van der Waals surface area (Å²) in [6, 6.07) is 4.28. The number of carbonyl (C=O) groups is 1. The number of ether oxygens (including phenoxy) is 2. The molecule has 2 aromatic heterocycles. The van der Waals surface area contributed by atoms with Crippen molar-refractivity contribution in [2.75, 3.05) is 24.8 Å². The molecular weight excluding hydrogens is 391 g/mol. The number of hydrogen-bond acceptors (Lipinski definition) is 7. The quantitative estimate of drug-likeness (QED) is 0.595. The van der Waals surface area contributed by atoms with Crippen molar-refractivity contribution in [3.05, 3.63) is 35.9 Å². The molecule has 1 amide bonds. The zero-order chi connectivity index (χ0) is 20.8. The summed E-state index contributed by atoms with van der Waals surface area (Å²) >= 11 is 0. The van der Waals surface area contributed by atoms with Crippen LogP contribution in [0.5, 0.6) is 5.75 Å². The van der Waals surface area contributed by atoms with Gasteiger partial charge in [0.1, 0.15) is 29.2 Å². The third-order valence-corrected chi connectivity index (χ3v) is 5.60. The fraction of sp³-hybridized carbons (Fsp3) is 0.350. The van der Waals surface area contributed by atoms with E-state index in [4.69, 9.17) is 9.47 Å². The van der Waals surface area contributed by atoms with Gasteiger partial charge >= 0.3 is 6.03 Å². The molecule has 0 spiro atoms. The van der Waals surface area contributed by atoms with Gasteiger partial charge in [-0.25, -0.2) is 23.7 Å². The van der Waals surface area contributed by atoms with Gasteiger partial charge in [-0.1, -0.05) is 0 Å². The van der Waals surface area contributed by atoms with Gasteiger partial charge in [0.25, 0.3) is 0 Å². The summed E-state index contributed by atoms with van der Waals surface area (Å²) in [5.74, 6) is 0.377. The Morgan fingerprint density at radius 1 is 1.33 bits per heavy atom. The first-order chi connectivity index (χ1) is 14.6. The lowest BCUT2D eigenvalue weighted by molar-refractivity contribution is -0.0332. The van der Waals surface area contributed by atoms with Crippen molar-refractivity contribution in [3.63, 3.8) is 0 Å². The standard InChI is InChI=1S/C20H21FN6O3/c1-22-14-7-17-24-13-5-10(11(21)6-16(13)29-2)8-30-15-4-3-12(15)25-20(28)27-9-23-18(14)19(27)26-17/h5-7,9,12,15H,3-4,8H2,1-2H3,(H,25,28)(H2,22,24,26)/t12-,15-/m1/s1. The molecule has 1 saturated carbocycles. The predicted octanol–water partition coefficient (Wildman–Crippen LogP) is 2.98. The van der Waals surface area contributed by atoms with Gasteiger partial charge in [-0.2, -0.15) is 0 Å². The van der Waals surface area contributed by atoms with Gasteiger partial charge in [0.05, 0.1) is 37.2 Å². The second-order valence-corrected chi connectivity index (χ2v) is 7.34. The zero-order valence-electron chi connectivity index (χ0n) is 16.5. The van der Waals surface area contributed by atoms with Crippen molar-refractivity contribution in [3.8, 4) is 5.75 Å². The molecule has 0 unspecified atom stereocenters. The number of methoxy groups -OCH3 is 1. The van der Waals surface area contributed by atoms with Crippen LogP contribution < -0.4 is 20.7 Å². The smallest absolute Gasteiger partial charge is 0.328 e. The highest BCUT2D eigenvalue weighted by Crippen LogP contribution is 2.34. The SMILES string of the molecule is CNc1cc2nc3c1ncn3C(=O)N[C@@H]1CC[C@H]1OCc1cc(c(OC)cc1F)N2. The third kappa shape index (κ3) is 3.00. The van der Waals surface area contributed by atoms with E-state index in [1.54, 1.807) is 19.2 Å². The van der Waals surface area contributed by atoms with E-state index >= 15 is 0 Å². The molecule has 2 atom stereocenters. The van der Waals surface area contributed by atoms with Gasteiger partial charge in [0.15, 0.2) is 5.65 Å². The number of benzene rings is 1. The summed E-state index contributed by atoms with van der Waals surface area (Å²) in [7, 11) is 3.24. The molecular formula is C20H21FN6O3. The Balaban J connectivity index is 1.68. The molecule has 0 saturated heterocycles. The number of imidazole rings is 1. The van der Waals surface area contributed by atoms with Crippen LogP contribution in [0.15, 0.2) is 24.5 Å². The zero-order valence-corrected chi connectivity index (χ0v) is 16.5. The Bertz CT molecular complexity index is 1150. The van der Waals surface area contributed by atoms with Crippen LogP contribution >= 0.6 is 0 Å². The summed E-state index contributed by atoms with van der Waals surface area (Å²) in [5, 5.41) is 9.22. The lowest BCUT2D eigenvalue weighted by Crippen LogP contribution is -2.52. The fourth-order valence-corrected chi connectivity index (χ4v) is 3.77. The highest BCUT2D eigenvalue weighted by molar-refractivity contribution is 5.94. The lowest BCUT2D eigenvalue weighted by atomic mass is 9.89. The van der Waals surface area contributed by atoms with Gasteiger partial charge in [-0.05, 0) is 18.9 Å². The lowest BCUT2D eigenvalue weighted by Gasteiger charge is -2.36. The summed E-state index contributed by atoms with van der Waals surface area (Å²) in [4.78, 5) is 21.8. The van der Waals surface area contributed by atoms with Crippen LogP contribution in [0.4, 0.5) is 26.4 Å². The molecule has 3 aromatic rings. The normalized spacial score (nSPS) is 20.6. The van der Waals surface area contributed by atoms with E-state index < -0.39 is 5.82 Å². The molecule has 3 heterocycles. The number of hydrogen-bond donors (Lipinski definition) is 3. The van der Waals surface area contributed by atoms with Crippen LogP contribution in [0.25, 0.3) is 11.2 Å². The number of anilines is 3. The monoisotopic (exact) mass is 412 g/mol. The van der Waals surface area contributed by atoms with Crippen molar-refractivity contribution in [1.82, 2.24) is 19.9 Å². The van der Waals surface area contributed by atoms with E-state index in [0.29, 0.717) is 39.7 Å². The summed E-state index contributed by atoms with van der Waals surface area (Å²) in [6.07, 6.45) is 2.86. The maximum absolute atomic E-state index is 14.6. The van der Waals surface area contributed by atoms with Crippen LogP contribution in [-0.2, 0) is 11.3 Å². The minimum Gasteiger partial charge on any atom is -0.494 e. The number of pyridine rings is 1. The van der Waals surface area contributed by atoms with E-state index in [2.05, 4.69) is 25.9 Å². The van der Waals surface area contributed by atoms with Gasteiger partial charge in [0, 0.05) is 24.7 Å². The first-order valence-electron chi connectivity index (χ1n) is 9.69. The maximum Gasteiger partial charge on any atom is 0.328 e. The largest absolute Gasteiger partial charge is 0.494 e. The molecule has 1 fully saturated rings. The molecule has 1 aromatic carbocycles. The minimum atomic E-state index is -0.415. The number of carbonyl (C=O) groups excluding carboxylic acids is 1. The van der Waals surface area contributed by atoms with Gasteiger partial charge in [-0.15, -0.1) is 0 Å². The van der Waals surface area contributed by atoms with Crippen LogP contribution in [0, 0.1) is 5.82 Å². The Kier molecular flexibility index (Phi) is 4.43. The highest BCUT2D eigenvalue weighted by atomic mass is 19.1. The first-order valence-corrected chi connectivity index (χ1v) is 9.69. The molecule has 4 bridgehead atoms. The average Bonchev–Trinajstić information content (AvgIpc) is 3.16. The molecule has 1 aliphatic heterocycles.